The van der Waals surface area contributed by atoms with Crippen LogP contribution in [0.5, 0.6) is 0 Å². The highest BCUT2D eigenvalue weighted by Gasteiger charge is 2.21. The Morgan fingerprint density at radius 1 is 1.55 bits per heavy atom. The van der Waals surface area contributed by atoms with E-state index in [1.165, 1.54) is 18.2 Å². The van der Waals surface area contributed by atoms with Crippen LogP contribution in [-0.2, 0) is 4.74 Å². The molecule has 1 amide bonds. The normalized spacial score (nSPS) is 17.9. The molecule has 1 aliphatic heterocycles. The Morgan fingerprint density at radius 3 is 3.00 bits per heavy atom. The summed E-state index contributed by atoms with van der Waals surface area (Å²) in [6.07, 6.45) is 1.80. The lowest BCUT2D eigenvalue weighted by atomic mass is 10.1. The number of carbonyl (C=O) groups excluding carboxylic acids is 1. The molecule has 0 saturated carbocycles. The van der Waals surface area contributed by atoms with Gasteiger partial charge in [-0.05, 0) is 30.9 Å². The fourth-order valence-corrected chi connectivity index (χ4v) is 2.32. The molecule has 7 heteroatoms. The van der Waals surface area contributed by atoms with Crippen molar-refractivity contribution >= 4 is 23.2 Å². The second-order valence-electron chi connectivity index (χ2n) is 4.69. The van der Waals surface area contributed by atoms with Crippen LogP contribution in [0.25, 0.3) is 0 Å². The number of nitrogens with zero attached hydrogens (tertiary/aromatic N) is 1. The third-order valence-electron chi connectivity index (χ3n) is 3.26. The maximum absolute atomic E-state index is 12.0. The first-order valence-corrected chi connectivity index (χ1v) is 6.75. The fraction of sp³-hybridized carbons (Fsp3) is 0.462. The van der Waals surface area contributed by atoms with Gasteiger partial charge in [-0.25, -0.2) is 0 Å². The first kappa shape index (κ1) is 14.7. The van der Waals surface area contributed by atoms with E-state index in [1.54, 1.807) is 0 Å². The van der Waals surface area contributed by atoms with Gasteiger partial charge >= 0.3 is 0 Å². The van der Waals surface area contributed by atoms with Crippen LogP contribution >= 0.6 is 11.6 Å². The Hall–Kier alpha value is -1.66. The third-order valence-corrected chi connectivity index (χ3v) is 3.50. The van der Waals surface area contributed by atoms with E-state index in [0.29, 0.717) is 24.1 Å². The summed E-state index contributed by atoms with van der Waals surface area (Å²) in [7, 11) is 0. The van der Waals surface area contributed by atoms with Crippen LogP contribution in [0.1, 0.15) is 23.2 Å². The van der Waals surface area contributed by atoms with Crippen LogP contribution in [0.3, 0.4) is 0 Å². The van der Waals surface area contributed by atoms with E-state index >= 15 is 0 Å². The molecule has 1 fully saturated rings. The number of rotatable bonds is 5. The number of nitro benzene ring substituents is 1. The van der Waals surface area contributed by atoms with Crippen molar-refractivity contribution in [3.05, 3.63) is 38.9 Å². The number of hydrogen-bond acceptors (Lipinski definition) is 4. The van der Waals surface area contributed by atoms with Gasteiger partial charge in [-0.2, -0.15) is 0 Å². The molecule has 20 heavy (non-hydrogen) atoms. The Bertz CT molecular complexity index is 515. The van der Waals surface area contributed by atoms with Crippen molar-refractivity contribution in [3.63, 3.8) is 0 Å². The smallest absolute Gasteiger partial charge is 0.282 e. The van der Waals surface area contributed by atoms with Gasteiger partial charge in [-0.15, -0.1) is 0 Å². The van der Waals surface area contributed by atoms with Crippen LogP contribution < -0.4 is 5.32 Å². The summed E-state index contributed by atoms with van der Waals surface area (Å²) in [6.45, 7) is 1.95. The lowest BCUT2D eigenvalue weighted by molar-refractivity contribution is -0.385. The van der Waals surface area contributed by atoms with E-state index in [9.17, 15) is 14.9 Å². The van der Waals surface area contributed by atoms with E-state index in [-0.39, 0.29) is 11.3 Å². The zero-order chi connectivity index (χ0) is 14.5. The van der Waals surface area contributed by atoms with Gasteiger partial charge in [0.15, 0.2) is 0 Å². The number of amides is 1. The second-order valence-corrected chi connectivity index (χ2v) is 5.13. The molecule has 1 unspecified atom stereocenters. The van der Waals surface area contributed by atoms with Crippen LogP contribution in [0.2, 0.25) is 5.02 Å². The van der Waals surface area contributed by atoms with Crippen molar-refractivity contribution in [3.8, 4) is 0 Å². The summed E-state index contributed by atoms with van der Waals surface area (Å²) in [5.74, 6) is -0.0252. The number of halogens is 1. The largest absolute Gasteiger partial charge is 0.381 e. The minimum atomic E-state index is -0.587. The zero-order valence-corrected chi connectivity index (χ0v) is 11.6. The molecule has 1 saturated heterocycles. The first-order valence-electron chi connectivity index (χ1n) is 6.38. The molecule has 0 radical (unpaired) electrons. The number of carbonyl (C=O) groups is 1. The molecule has 2 rings (SSSR count). The summed E-state index contributed by atoms with van der Waals surface area (Å²) in [6, 6.07) is 3.95. The van der Waals surface area contributed by atoms with E-state index in [4.69, 9.17) is 16.3 Å². The zero-order valence-electron chi connectivity index (χ0n) is 10.8. The van der Waals surface area contributed by atoms with Gasteiger partial charge in [0.05, 0.1) is 4.92 Å². The SMILES string of the molecule is O=C(NCCC1CCOC1)c1cc(Cl)ccc1[N+](=O)[O-]. The minimum absolute atomic E-state index is 0.00910. The monoisotopic (exact) mass is 298 g/mol. The fourth-order valence-electron chi connectivity index (χ4n) is 2.15. The lowest BCUT2D eigenvalue weighted by Gasteiger charge is -2.09. The molecule has 1 N–H and O–H groups in total. The van der Waals surface area contributed by atoms with Gasteiger partial charge in [-0.3, -0.25) is 14.9 Å². The summed E-state index contributed by atoms with van der Waals surface area (Å²) in [4.78, 5) is 22.3. The van der Waals surface area contributed by atoms with E-state index in [0.717, 1.165) is 19.4 Å². The molecule has 0 bridgehead atoms. The van der Waals surface area contributed by atoms with E-state index in [2.05, 4.69) is 5.32 Å². The number of ether oxygens (including phenoxy) is 1. The van der Waals surface area contributed by atoms with Crippen molar-refractivity contribution in [2.75, 3.05) is 19.8 Å². The van der Waals surface area contributed by atoms with Crippen LogP contribution in [0, 0.1) is 16.0 Å². The maximum atomic E-state index is 12.0. The molecule has 0 aliphatic carbocycles. The quantitative estimate of drug-likeness (QED) is 0.668. The predicted molar refractivity (Wildman–Crippen MR) is 74.0 cm³/mol. The maximum Gasteiger partial charge on any atom is 0.282 e. The van der Waals surface area contributed by atoms with Crippen molar-refractivity contribution < 1.29 is 14.5 Å². The van der Waals surface area contributed by atoms with E-state index < -0.39 is 10.8 Å². The second kappa shape index (κ2) is 6.67. The Morgan fingerprint density at radius 2 is 2.35 bits per heavy atom. The predicted octanol–water partition coefficient (Wildman–Crippen LogP) is 2.40. The molecule has 6 nitrogen and oxygen atoms in total. The molecule has 1 aliphatic rings. The molecular formula is C13H15ClN2O4. The molecule has 1 aromatic carbocycles. The van der Waals surface area contributed by atoms with Crippen LogP contribution in [-0.4, -0.2) is 30.6 Å². The Balaban J connectivity index is 1.97. The van der Waals surface area contributed by atoms with Crippen LogP contribution in [0.15, 0.2) is 18.2 Å². The lowest BCUT2D eigenvalue weighted by Crippen LogP contribution is -2.26. The number of benzene rings is 1. The number of nitrogens with one attached hydrogen (secondary N) is 1. The first-order chi connectivity index (χ1) is 9.58. The standard InChI is InChI=1S/C13H15ClN2O4/c14-10-1-2-12(16(18)19)11(7-10)13(17)15-5-3-9-4-6-20-8-9/h1-2,7,9H,3-6,8H2,(H,15,17). The third kappa shape index (κ3) is 3.68. The summed E-state index contributed by atoms with van der Waals surface area (Å²) >= 11 is 5.78. The highest BCUT2D eigenvalue weighted by atomic mass is 35.5. The Labute approximate surface area is 121 Å². The Kier molecular flexibility index (Phi) is 4.92. The average molecular weight is 299 g/mol. The van der Waals surface area contributed by atoms with Crippen LogP contribution in [0.4, 0.5) is 5.69 Å². The number of nitro groups is 1. The topological polar surface area (TPSA) is 81.5 Å². The number of hydrogen-bond donors (Lipinski definition) is 1. The van der Waals surface area contributed by atoms with Crippen molar-refractivity contribution in [2.45, 2.75) is 12.8 Å². The van der Waals surface area contributed by atoms with Gasteiger partial charge in [0.2, 0.25) is 0 Å². The molecule has 108 valence electrons. The van der Waals surface area contributed by atoms with E-state index in [1.807, 2.05) is 0 Å². The van der Waals surface area contributed by atoms with Crippen molar-refractivity contribution in [1.29, 1.82) is 0 Å². The van der Waals surface area contributed by atoms with Gasteiger partial charge in [-0.1, -0.05) is 11.6 Å². The van der Waals surface area contributed by atoms with Gasteiger partial charge in [0.25, 0.3) is 11.6 Å². The molecule has 1 aromatic rings. The minimum Gasteiger partial charge on any atom is -0.381 e. The van der Waals surface area contributed by atoms with Gasteiger partial charge < -0.3 is 10.1 Å². The molecule has 0 aromatic heterocycles. The molecule has 0 spiro atoms. The highest BCUT2D eigenvalue weighted by molar-refractivity contribution is 6.31. The average Bonchev–Trinajstić information content (AvgIpc) is 2.91. The van der Waals surface area contributed by atoms with Gasteiger partial charge in [0, 0.05) is 30.8 Å². The summed E-state index contributed by atoms with van der Waals surface area (Å²) in [5, 5.41) is 13.9. The highest BCUT2D eigenvalue weighted by Crippen LogP contribution is 2.22. The summed E-state index contributed by atoms with van der Waals surface area (Å²) < 4.78 is 5.25. The molecular weight excluding hydrogens is 284 g/mol. The van der Waals surface area contributed by atoms with Crippen molar-refractivity contribution in [1.82, 2.24) is 5.32 Å². The molecule has 1 atom stereocenters. The van der Waals surface area contributed by atoms with Crippen molar-refractivity contribution in [2.24, 2.45) is 5.92 Å². The molecule has 1 heterocycles. The summed E-state index contributed by atoms with van der Waals surface area (Å²) in [5.41, 5.74) is -0.249. The van der Waals surface area contributed by atoms with Gasteiger partial charge in [0.1, 0.15) is 5.56 Å².